The Labute approximate surface area is 102 Å². The molecule has 1 saturated heterocycles. The van der Waals surface area contributed by atoms with E-state index in [0.29, 0.717) is 0 Å². The van der Waals surface area contributed by atoms with E-state index in [4.69, 9.17) is 0 Å². The molecular weight excluding hydrogens is 212 g/mol. The number of likely N-dealkylation sites (N-methyl/N-ethyl adjacent to an activating group) is 1. The number of fused-ring (bicyclic) bond motifs is 1. The lowest BCUT2D eigenvalue weighted by Crippen LogP contribution is -2.27. The monoisotopic (exact) mass is 230 g/mol. The molecule has 1 heterocycles. The Morgan fingerprint density at radius 1 is 1.35 bits per heavy atom. The van der Waals surface area contributed by atoms with Gasteiger partial charge in [-0.2, -0.15) is 0 Å². The largest absolute Gasteiger partial charge is 0.329 e. The zero-order valence-corrected chi connectivity index (χ0v) is 10.2. The number of hydrogen-bond donors (Lipinski definition) is 1. The van der Waals surface area contributed by atoms with Crippen LogP contribution in [0.5, 0.6) is 0 Å². The Morgan fingerprint density at radius 2 is 2.18 bits per heavy atom. The molecule has 3 heteroatoms. The highest BCUT2D eigenvalue weighted by Gasteiger charge is 2.28. The van der Waals surface area contributed by atoms with E-state index in [0.717, 1.165) is 13.1 Å². The predicted octanol–water partition coefficient (Wildman–Crippen LogP) is 2.26. The van der Waals surface area contributed by atoms with E-state index < -0.39 is 0 Å². The Kier molecular flexibility index (Phi) is 2.54. The van der Waals surface area contributed by atoms with Gasteiger partial charge in [-0.25, -0.2) is 4.79 Å². The number of amides is 2. The van der Waals surface area contributed by atoms with E-state index in [1.165, 1.54) is 36.0 Å². The van der Waals surface area contributed by atoms with Crippen LogP contribution >= 0.6 is 0 Å². The maximum absolute atomic E-state index is 11.6. The van der Waals surface area contributed by atoms with Gasteiger partial charge in [0.15, 0.2) is 0 Å². The van der Waals surface area contributed by atoms with Crippen LogP contribution in [0.4, 0.5) is 4.79 Å². The zero-order chi connectivity index (χ0) is 11.8. The summed E-state index contributed by atoms with van der Waals surface area (Å²) in [7, 11) is 0. The molecule has 3 nitrogen and oxygen atoms in total. The molecule has 90 valence electrons. The molecule has 1 N–H and O–H groups in total. The summed E-state index contributed by atoms with van der Waals surface area (Å²) in [6.45, 7) is 3.60. The van der Waals surface area contributed by atoms with E-state index in [-0.39, 0.29) is 12.1 Å². The third kappa shape index (κ3) is 1.79. The van der Waals surface area contributed by atoms with Crippen LogP contribution in [0.15, 0.2) is 18.2 Å². The molecule has 1 aliphatic carbocycles. The second kappa shape index (κ2) is 4.06. The lowest BCUT2D eigenvalue weighted by Gasteiger charge is -2.12. The van der Waals surface area contributed by atoms with Gasteiger partial charge in [-0.05, 0) is 42.9 Å². The van der Waals surface area contributed by atoms with Gasteiger partial charge in [0.2, 0.25) is 0 Å². The van der Waals surface area contributed by atoms with Crippen LogP contribution < -0.4 is 5.32 Å². The van der Waals surface area contributed by atoms with Crippen LogP contribution in [0.25, 0.3) is 0 Å². The van der Waals surface area contributed by atoms with Crippen molar-refractivity contribution < 1.29 is 4.79 Å². The molecule has 0 spiro atoms. The number of urea groups is 1. The van der Waals surface area contributed by atoms with Crippen LogP contribution in [-0.2, 0) is 12.8 Å². The molecule has 0 bridgehead atoms. The summed E-state index contributed by atoms with van der Waals surface area (Å²) in [6.07, 6.45) is 3.69. The Morgan fingerprint density at radius 3 is 2.94 bits per heavy atom. The number of hydrogen-bond acceptors (Lipinski definition) is 1. The molecule has 1 unspecified atom stereocenters. The molecular formula is C14H18N2O. The summed E-state index contributed by atoms with van der Waals surface area (Å²) >= 11 is 0. The van der Waals surface area contributed by atoms with Gasteiger partial charge >= 0.3 is 6.03 Å². The lowest BCUT2D eigenvalue weighted by molar-refractivity contribution is 0.219. The van der Waals surface area contributed by atoms with Crippen molar-refractivity contribution in [3.05, 3.63) is 34.9 Å². The zero-order valence-electron chi connectivity index (χ0n) is 10.2. The van der Waals surface area contributed by atoms with Crippen molar-refractivity contribution in [3.8, 4) is 0 Å². The first-order valence-electron chi connectivity index (χ1n) is 6.45. The maximum atomic E-state index is 11.6. The minimum atomic E-state index is 0.0676. The maximum Gasteiger partial charge on any atom is 0.318 e. The van der Waals surface area contributed by atoms with Gasteiger partial charge in [0.1, 0.15) is 0 Å². The minimum Gasteiger partial charge on any atom is -0.329 e. The van der Waals surface area contributed by atoms with Crippen LogP contribution in [0, 0.1) is 0 Å². The first-order valence-corrected chi connectivity index (χ1v) is 6.45. The first kappa shape index (κ1) is 10.6. The van der Waals surface area contributed by atoms with Gasteiger partial charge < -0.3 is 10.2 Å². The SMILES string of the molecule is CCN1CC(c2ccc3c(c2)CCC3)NC1=O. The summed E-state index contributed by atoms with van der Waals surface area (Å²) < 4.78 is 0. The number of benzene rings is 1. The molecule has 0 aromatic heterocycles. The highest BCUT2D eigenvalue weighted by molar-refractivity contribution is 5.77. The quantitative estimate of drug-likeness (QED) is 0.830. The van der Waals surface area contributed by atoms with Crippen LogP contribution in [-0.4, -0.2) is 24.0 Å². The molecule has 1 fully saturated rings. The summed E-state index contributed by atoms with van der Waals surface area (Å²) in [5.74, 6) is 0. The average molecular weight is 230 g/mol. The predicted molar refractivity (Wildman–Crippen MR) is 67.0 cm³/mol. The van der Waals surface area contributed by atoms with E-state index >= 15 is 0 Å². The summed E-state index contributed by atoms with van der Waals surface area (Å²) in [4.78, 5) is 13.5. The van der Waals surface area contributed by atoms with E-state index in [9.17, 15) is 4.79 Å². The van der Waals surface area contributed by atoms with Crippen molar-refractivity contribution in [2.45, 2.75) is 32.2 Å². The third-order valence-electron chi connectivity index (χ3n) is 3.89. The highest BCUT2D eigenvalue weighted by atomic mass is 16.2. The van der Waals surface area contributed by atoms with Crippen LogP contribution in [0.3, 0.4) is 0 Å². The Hall–Kier alpha value is -1.51. The molecule has 0 radical (unpaired) electrons. The van der Waals surface area contributed by atoms with Gasteiger partial charge in [-0.1, -0.05) is 18.2 Å². The van der Waals surface area contributed by atoms with Crippen LogP contribution in [0.1, 0.15) is 36.1 Å². The third-order valence-corrected chi connectivity index (χ3v) is 3.89. The van der Waals surface area contributed by atoms with Gasteiger partial charge in [0.05, 0.1) is 6.04 Å². The smallest absolute Gasteiger partial charge is 0.318 e. The van der Waals surface area contributed by atoms with Crippen molar-refractivity contribution in [2.75, 3.05) is 13.1 Å². The van der Waals surface area contributed by atoms with Crippen molar-refractivity contribution >= 4 is 6.03 Å². The van der Waals surface area contributed by atoms with E-state index in [2.05, 4.69) is 23.5 Å². The fourth-order valence-corrected chi connectivity index (χ4v) is 2.86. The van der Waals surface area contributed by atoms with Crippen molar-refractivity contribution in [1.29, 1.82) is 0 Å². The van der Waals surface area contributed by atoms with Crippen molar-refractivity contribution in [3.63, 3.8) is 0 Å². The fraction of sp³-hybridized carbons (Fsp3) is 0.500. The number of nitrogens with zero attached hydrogens (tertiary/aromatic N) is 1. The minimum absolute atomic E-state index is 0.0676. The second-order valence-electron chi connectivity index (χ2n) is 4.92. The summed E-state index contributed by atoms with van der Waals surface area (Å²) in [6, 6.07) is 6.94. The molecule has 1 aliphatic heterocycles. The van der Waals surface area contributed by atoms with Gasteiger partial charge in [-0.3, -0.25) is 0 Å². The van der Waals surface area contributed by atoms with Crippen molar-refractivity contribution in [1.82, 2.24) is 10.2 Å². The fourth-order valence-electron chi connectivity index (χ4n) is 2.86. The second-order valence-corrected chi connectivity index (χ2v) is 4.92. The van der Waals surface area contributed by atoms with E-state index in [1.807, 2.05) is 11.8 Å². The number of rotatable bonds is 2. The standard InChI is InChI=1S/C14H18N2O/c1-2-16-9-13(15-14(16)17)12-7-6-10-4-3-5-11(10)8-12/h6-8,13H,2-5,9H2,1H3,(H,15,17). The molecule has 2 amide bonds. The van der Waals surface area contributed by atoms with Gasteiger partial charge in [0.25, 0.3) is 0 Å². The lowest BCUT2D eigenvalue weighted by atomic mass is 10.0. The molecule has 17 heavy (non-hydrogen) atoms. The van der Waals surface area contributed by atoms with Gasteiger partial charge in [-0.15, -0.1) is 0 Å². The Balaban J connectivity index is 1.83. The summed E-state index contributed by atoms with van der Waals surface area (Å²) in [5.41, 5.74) is 4.23. The van der Waals surface area contributed by atoms with Gasteiger partial charge in [0, 0.05) is 13.1 Å². The van der Waals surface area contributed by atoms with Crippen LogP contribution in [0.2, 0.25) is 0 Å². The number of carbonyl (C=O) groups is 1. The van der Waals surface area contributed by atoms with Crippen molar-refractivity contribution in [2.24, 2.45) is 0 Å². The molecule has 1 atom stereocenters. The highest BCUT2D eigenvalue weighted by Crippen LogP contribution is 2.27. The molecule has 1 aromatic carbocycles. The number of nitrogens with one attached hydrogen (secondary N) is 1. The molecule has 2 aliphatic rings. The van der Waals surface area contributed by atoms with E-state index in [1.54, 1.807) is 0 Å². The topological polar surface area (TPSA) is 32.3 Å². The molecule has 0 saturated carbocycles. The summed E-state index contributed by atoms with van der Waals surface area (Å²) in [5, 5.41) is 3.05. The average Bonchev–Trinajstić information content (AvgIpc) is 2.93. The first-order chi connectivity index (χ1) is 8.28. The normalized spacial score (nSPS) is 22.8. The molecule has 1 aromatic rings. The Bertz CT molecular complexity index is 456. The number of carbonyl (C=O) groups excluding carboxylic acids is 1. The number of aryl methyl sites for hydroxylation is 2. The molecule has 3 rings (SSSR count).